The smallest absolute Gasteiger partial charge is 0.264 e. The van der Waals surface area contributed by atoms with E-state index in [9.17, 15) is 10.1 Å². The first-order valence-corrected chi connectivity index (χ1v) is 12.3. The van der Waals surface area contributed by atoms with Gasteiger partial charge in [0.25, 0.3) is 5.91 Å². The number of fused-ring (bicyclic) bond motifs is 1. The second kappa shape index (κ2) is 9.63. The van der Waals surface area contributed by atoms with E-state index in [2.05, 4.69) is 27.0 Å². The molecule has 5 rings (SSSR count). The summed E-state index contributed by atoms with van der Waals surface area (Å²) in [7, 11) is 0. The Morgan fingerprint density at radius 3 is 2.69 bits per heavy atom. The van der Waals surface area contributed by atoms with Crippen LogP contribution in [0.3, 0.4) is 0 Å². The summed E-state index contributed by atoms with van der Waals surface area (Å²) >= 11 is 13.6. The molecule has 0 spiro atoms. The lowest BCUT2D eigenvalue weighted by molar-refractivity contribution is -0.115. The Bertz CT molecular complexity index is 1600. The van der Waals surface area contributed by atoms with Crippen LogP contribution in [0.1, 0.15) is 22.4 Å². The summed E-state index contributed by atoms with van der Waals surface area (Å²) in [5, 5.41) is 14.5. The minimum absolute atomic E-state index is 0.224. The molecule has 4 aromatic rings. The zero-order chi connectivity index (χ0) is 24.5. The number of carbonyl (C=O) groups excluding carboxylic acids is 1. The van der Waals surface area contributed by atoms with Gasteiger partial charge in [-0.1, -0.05) is 65.7 Å². The second-order valence-corrected chi connectivity index (χ2v) is 9.74. The molecule has 0 radical (unpaired) electrons. The molecule has 1 amide bonds. The molecule has 0 saturated carbocycles. The first-order chi connectivity index (χ1) is 17.0. The number of nitrogens with zero attached hydrogens (tertiary/aromatic N) is 3. The Morgan fingerprint density at radius 1 is 1.09 bits per heavy atom. The molecule has 3 aromatic carbocycles. The van der Waals surface area contributed by atoms with Crippen molar-refractivity contribution in [3.63, 3.8) is 0 Å². The highest BCUT2D eigenvalue weighted by Crippen LogP contribution is 2.36. The molecule has 1 aliphatic rings. The lowest BCUT2D eigenvalue weighted by Gasteiger charge is -2.10. The second-order valence-electron chi connectivity index (χ2n) is 7.93. The SMILES string of the molecule is Cc1c(/C=C2/SC(=Nc3cccc(Cl)c3Cl)NC2=O)c2ccccc2n1Cc1ccccc1C#N. The van der Waals surface area contributed by atoms with Gasteiger partial charge in [-0.3, -0.25) is 4.79 Å². The number of nitriles is 1. The molecule has 1 saturated heterocycles. The summed E-state index contributed by atoms with van der Waals surface area (Å²) in [4.78, 5) is 17.8. The largest absolute Gasteiger partial charge is 0.340 e. The van der Waals surface area contributed by atoms with Crippen LogP contribution >= 0.6 is 35.0 Å². The van der Waals surface area contributed by atoms with E-state index in [0.29, 0.717) is 37.9 Å². The van der Waals surface area contributed by atoms with Crippen molar-refractivity contribution in [1.29, 1.82) is 5.26 Å². The van der Waals surface area contributed by atoms with E-state index in [4.69, 9.17) is 23.2 Å². The van der Waals surface area contributed by atoms with Crippen LogP contribution in [0.15, 0.2) is 76.6 Å². The predicted octanol–water partition coefficient (Wildman–Crippen LogP) is 7.07. The van der Waals surface area contributed by atoms with Crippen LogP contribution in [0.2, 0.25) is 10.0 Å². The molecule has 0 bridgehead atoms. The van der Waals surface area contributed by atoms with E-state index in [-0.39, 0.29) is 5.91 Å². The van der Waals surface area contributed by atoms with Crippen LogP contribution in [0.25, 0.3) is 17.0 Å². The zero-order valence-electron chi connectivity index (χ0n) is 18.5. The summed E-state index contributed by atoms with van der Waals surface area (Å²) in [6, 6.07) is 23.1. The van der Waals surface area contributed by atoms with Crippen molar-refractivity contribution < 1.29 is 4.79 Å². The third-order valence-corrected chi connectivity index (χ3v) is 7.54. The molecule has 172 valence electrons. The maximum absolute atomic E-state index is 12.8. The van der Waals surface area contributed by atoms with Gasteiger partial charge in [-0.25, -0.2) is 4.99 Å². The lowest BCUT2D eigenvalue weighted by atomic mass is 10.1. The summed E-state index contributed by atoms with van der Waals surface area (Å²) in [6.45, 7) is 2.58. The molecule has 8 heteroatoms. The highest BCUT2D eigenvalue weighted by molar-refractivity contribution is 8.18. The average Bonchev–Trinajstić information content (AvgIpc) is 3.34. The fourth-order valence-electron chi connectivity index (χ4n) is 4.08. The predicted molar refractivity (Wildman–Crippen MR) is 144 cm³/mol. The standard InChI is InChI=1S/C27H18Cl2N4OS/c1-16-20(13-24-26(34)32-27(35-24)31-22-11-6-10-21(28)25(22)29)19-9-4-5-12-23(19)33(16)15-18-8-3-2-7-17(18)14-30/h2-13H,15H2,1H3,(H,31,32,34)/b24-13+. The quantitative estimate of drug-likeness (QED) is 0.295. The van der Waals surface area contributed by atoms with Gasteiger partial charge < -0.3 is 9.88 Å². The topological polar surface area (TPSA) is 70.2 Å². The summed E-state index contributed by atoms with van der Waals surface area (Å²) in [5.41, 5.74) is 5.08. The number of thioether (sulfide) groups is 1. The number of hydrogen-bond acceptors (Lipinski definition) is 4. The summed E-state index contributed by atoms with van der Waals surface area (Å²) in [6.07, 6.45) is 1.90. The van der Waals surface area contributed by atoms with Gasteiger partial charge in [0.05, 0.1) is 32.3 Å². The van der Waals surface area contributed by atoms with E-state index >= 15 is 0 Å². The first kappa shape index (κ1) is 23.3. The Kier molecular flexibility index (Phi) is 6.40. The van der Waals surface area contributed by atoms with E-state index < -0.39 is 0 Å². The van der Waals surface area contributed by atoms with Gasteiger partial charge >= 0.3 is 0 Å². The van der Waals surface area contributed by atoms with Crippen LogP contribution in [-0.2, 0) is 11.3 Å². The van der Waals surface area contributed by atoms with E-state index in [1.54, 1.807) is 18.2 Å². The number of aliphatic imine (C=N–C) groups is 1. The molecule has 1 aromatic heterocycles. The fourth-order valence-corrected chi connectivity index (χ4v) is 5.24. The Morgan fingerprint density at radius 2 is 1.86 bits per heavy atom. The Balaban J connectivity index is 1.54. The molecule has 35 heavy (non-hydrogen) atoms. The number of aromatic nitrogens is 1. The number of amides is 1. The molecule has 2 heterocycles. The fraction of sp³-hybridized carbons (Fsp3) is 0.0741. The van der Waals surface area contributed by atoms with Gasteiger partial charge in [0.2, 0.25) is 0 Å². The maximum atomic E-state index is 12.8. The Hall–Kier alpha value is -3.50. The number of para-hydroxylation sites is 1. The van der Waals surface area contributed by atoms with Crippen molar-refractivity contribution in [2.45, 2.75) is 13.5 Å². The van der Waals surface area contributed by atoms with Crippen LogP contribution in [-0.4, -0.2) is 15.6 Å². The highest BCUT2D eigenvalue weighted by Gasteiger charge is 2.25. The first-order valence-electron chi connectivity index (χ1n) is 10.8. The molecule has 1 fully saturated rings. The van der Waals surface area contributed by atoms with E-state index in [1.807, 2.05) is 55.5 Å². The van der Waals surface area contributed by atoms with Gasteiger partial charge in [-0.15, -0.1) is 0 Å². The molecule has 0 atom stereocenters. The maximum Gasteiger partial charge on any atom is 0.264 e. The van der Waals surface area contributed by atoms with Gasteiger partial charge in [0, 0.05) is 28.7 Å². The summed E-state index contributed by atoms with van der Waals surface area (Å²) in [5.74, 6) is -0.224. The van der Waals surface area contributed by atoms with Crippen LogP contribution in [0, 0.1) is 18.3 Å². The molecular weight excluding hydrogens is 499 g/mol. The minimum atomic E-state index is -0.224. The third-order valence-electron chi connectivity index (χ3n) is 5.83. The molecule has 5 nitrogen and oxygen atoms in total. The monoisotopic (exact) mass is 516 g/mol. The van der Waals surface area contributed by atoms with Crippen LogP contribution in [0.5, 0.6) is 0 Å². The van der Waals surface area contributed by atoms with Crippen LogP contribution in [0.4, 0.5) is 5.69 Å². The van der Waals surface area contributed by atoms with Gasteiger partial charge in [-0.05, 0) is 54.6 Å². The number of rotatable bonds is 4. The van der Waals surface area contributed by atoms with Crippen molar-refractivity contribution in [2.75, 3.05) is 0 Å². The average molecular weight is 517 g/mol. The van der Waals surface area contributed by atoms with Crippen molar-refractivity contribution in [3.8, 4) is 6.07 Å². The number of amidine groups is 1. The highest BCUT2D eigenvalue weighted by atomic mass is 35.5. The van der Waals surface area contributed by atoms with Crippen molar-refractivity contribution in [3.05, 3.63) is 104 Å². The molecule has 0 aliphatic carbocycles. The van der Waals surface area contributed by atoms with Crippen LogP contribution < -0.4 is 5.32 Å². The van der Waals surface area contributed by atoms with Crippen molar-refractivity contribution >= 4 is 68.7 Å². The zero-order valence-corrected chi connectivity index (χ0v) is 20.9. The number of hydrogen-bond donors (Lipinski definition) is 1. The molecule has 1 N–H and O–H groups in total. The number of benzene rings is 3. The van der Waals surface area contributed by atoms with E-state index in [0.717, 1.165) is 27.7 Å². The normalized spacial score (nSPS) is 15.7. The van der Waals surface area contributed by atoms with Crippen molar-refractivity contribution in [1.82, 2.24) is 9.88 Å². The summed E-state index contributed by atoms with van der Waals surface area (Å²) < 4.78 is 2.18. The molecule has 0 unspecified atom stereocenters. The van der Waals surface area contributed by atoms with E-state index in [1.165, 1.54) is 11.8 Å². The van der Waals surface area contributed by atoms with Gasteiger partial charge in [0.15, 0.2) is 5.17 Å². The third kappa shape index (κ3) is 4.46. The van der Waals surface area contributed by atoms with Gasteiger partial charge in [0.1, 0.15) is 0 Å². The number of nitrogens with one attached hydrogen (secondary N) is 1. The number of carbonyl (C=O) groups is 1. The molecular formula is C27H18Cl2N4OS. The lowest BCUT2D eigenvalue weighted by Crippen LogP contribution is -2.19. The Labute approximate surface area is 216 Å². The number of halogens is 2. The van der Waals surface area contributed by atoms with Crippen molar-refractivity contribution in [2.24, 2.45) is 4.99 Å². The molecule has 1 aliphatic heterocycles. The van der Waals surface area contributed by atoms with Gasteiger partial charge in [-0.2, -0.15) is 5.26 Å². The minimum Gasteiger partial charge on any atom is -0.340 e.